The van der Waals surface area contributed by atoms with Gasteiger partial charge < -0.3 is 5.32 Å². The number of hydrogen-bond acceptors (Lipinski definition) is 3. The van der Waals surface area contributed by atoms with Crippen molar-refractivity contribution in [1.29, 1.82) is 0 Å². The Hall–Kier alpha value is -1.49. The number of nitrogens with one attached hydrogen (secondary N) is 1. The summed E-state index contributed by atoms with van der Waals surface area (Å²) in [5.74, 6) is 0.167. The van der Waals surface area contributed by atoms with Gasteiger partial charge in [0.15, 0.2) is 0 Å². The highest BCUT2D eigenvalue weighted by Gasteiger charge is 2.54. The Morgan fingerprint density at radius 1 is 1.27 bits per heavy atom. The van der Waals surface area contributed by atoms with Crippen molar-refractivity contribution in [3.05, 3.63) is 29.8 Å². The predicted molar refractivity (Wildman–Crippen MR) is 87.7 cm³/mol. The van der Waals surface area contributed by atoms with Crippen LogP contribution in [0.15, 0.2) is 29.2 Å². The molecule has 1 aliphatic carbocycles. The number of rotatable bonds is 3. The van der Waals surface area contributed by atoms with Gasteiger partial charge in [0.05, 0.1) is 6.54 Å². The third-order valence-corrected chi connectivity index (χ3v) is 5.74. The first-order chi connectivity index (χ1) is 10.6. The van der Waals surface area contributed by atoms with Gasteiger partial charge in [0.1, 0.15) is 5.54 Å². The normalized spacial score (nSPS) is 28.3. The van der Waals surface area contributed by atoms with E-state index in [1.165, 1.54) is 9.80 Å². The van der Waals surface area contributed by atoms with Crippen LogP contribution in [-0.2, 0) is 11.3 Å². The fraction of sp³-hybridized carbons (Fsp3) is 0.529. The first kappa shape index (κ1) is 15.4. The van der Waals surface area contributed by atoms with Crippen molar-refractivity contribution in [3.8, 4) is 0 Å². The Morgan fingerprint density at radius 3 is 2.64 bits per heavy atom. The van der Waals surface area contributed by atoms with Gasteiger partial charge in [0.2, 0.25) is 0 Å². The van der Waals surface area contributed by atoms with Crippen LogP contribution in [0.1, 0.15) is 38.2 Å². The second-order valence-electron chi connectivity index (χ2n) is 6.29. The Labute approximate surface area is 135 Å². The van der Waals surface area contributed by atoms with Crippen LogP contribution in [0, 0.1) is 5.92 Å². The summed E-state index contributed by atoms with van der Waals surface area (Å²) in [5.41, 5.74) is 0.330. The fourth-order valence-corrected chi connectivity index (χ4v) is 3.96. The first-order valence-corrected chi connectivity index (χ1v) is 9.06. The molecule has 1 aromatic carbocycles. The van der Waals surface area contributed by atoms with E-state index >= 15 is 0 Å². The SMILES string of the molecule is CSc1ccc(CN2C(=O)N[C@]3(CCCC[C@@H]3C)C2=O)cc1. The van der Waals surface area contributed by atoms with E-state index in [2.05, 4.69) is 12.2 Å². The molecule has 1 aromatic rings. The Bertz CT molecular complexity index is 587. The van der Waals surface area contributed by atoms with Gasteiger partial charge in [-0.1, -0.05) is 31.9 Å². The number of carbonyl (C=O) groups is 2. The van der Waals surface area contributed by atoms with Crippen LogP contribution >= 0.6 is 11.8 Å². The third kappa shape index (κ3) is 2.51. The molecule has 3 amide bonds. The lowest BCUT2D eigenvalue weighted by Gasteiger charge is -2.36. The second kappa shape index (κ2) is 5.95. The molecule has 22 heavy (non-hydrogen) atoms. The average molecular weight is 318 g/mol. The van der Waals surface area contributed by atoms with E-state index < -0.39 is 5.54 Å². The largest absolute Gasteiger partial charge is 0.325 e. The predicted octanol–water partition coefficient (Wildman–Crippen LogP) is 3.41. The summed E-state index contributed by atoms with van der Waals surface area (Å²) in [6, 6.07) is 7.78. The molecule has 0 bridgehead atoms. The zero-order chi connectivity index (χ0) is 15.7. The molecule has 1 heterocycles. The van der Waals surface area contributed by atoms with E-state index in [0.717, 1.165) is 31.2 Å². The van der Waals surface area contributed by atoms with Crippen LogP contribution in [0.4, 0.5) is 4.79 Å². The maximum Gasteiger partial charge on any atom is 0.325 e. The smallest absolute Gasteiger partial charge is 0.323 e. The van der Waals surface area contributed by atoms with Gasteiger partial charge in [-0.3, -0.25) is 9.69 Å². The Balaban J connectivity index is 1.79. The molecule has 1 aliphatic heterocycles. The minimum Gasteiger partial charge on any atom is -0.323 e. The molecule has 0 aromatic heterocycles. The molecule has 118 valence electrons. The van der Waals surface area contributed by atoms with Crippen LogP contribution in [0.5, 0.6) is 0 Å². The first-order valence-electron chi connectivity index (χ1n) is 7.84. The summed E-state index contributed by atoms with van der Waals surface area (Å²) in [4.78, 5) is 27.8. The van der Waals surface area contributed by atoms with Crippen molar-refractivity contribution in [2.45, 2.75) is 49.6 Å². The van der Waals surface area contributed by atoms with Crippen molar-refractivity contribution >= 4 is 23.7 Å². The van der Waals surface area contributed by atoms with Gasteiger partial charge in [0, 0.05) is 4.90 Å². The van der Waals surface area contributed by atoms with E-state index in [9.17, 15) is 9.59 Å². The second-order valence-corrected chi connectivity index (χ2v) is 7.17. The Kier molecular flexibility index (Phi) is 4.17. The highest BCUT2D eigenvalue weighted by atomic mass is 32.2. The van der Waals surface area contributed by atoms with Crippen molar-refractivity contribution in [2.24, 2.45) is 5.92 Å². The Morgan fingerprint density at radius 2 is 2.00 bits per heavy atom. The molecule has 4 nitrogen and oxygen atoms in total. The highest BCUT2D eigenvalue weighted by Crippen LogP contribution is 2.38. The van der Waals surface area contributed by atoms with E-state index in [1.807, 2.05) is 30.5 Å². The van der Waals surface area contributed by atoms with Crippen LogP contribution in [0.2, 0.25) is 0 Å². The molecule has 2 atom stereocenters. The minimum atomic E-state index is -0.658. The third-order valence-electron chi connectivity index (χ3n) is 5.00. The molecule has 2 aliphatic rings. The summed E-state index contributed by atoms with van der Waals surface area (Å²) in [5, 5.41) is 2.99. The topological polar surface area (TPSA) is 49.4 Å². The lowest BCUT2D eigenvalue weighted by molar-refractivity contribution is -0.134. The number of nitrogens with zero attached hydrogens (tertiary/aromatic N) is 1. The summed E-state index contributed by atoms with van der Waals surface area (Å²) >= 11 is 1.68. The van der Waals surface area contributed by atoms with Crippen molar-refractivity contribution in [1.82, 2.24) is 10.2 Å². The van der Waals surface area contributed by atoms with Gasteiger partial charge in [-0.2, -0.15) is 0 Å². The van der Waals surface area contributed by atoms with Crippen LogP contribution in [0.25, 0.3) is 0 Å². The van der Waals surface area contributed by atoms with Gasteiger partial charge >= 0.3 is 6.03 Å². The molecule has 2 fully saturated rings. The van der Waals surface area contributed by atoms with E-state index in [0.29, 0.717) is 6.54 Å². The van der Waals surface area contributed by atoms with Crippen LogP contribution in [-0.4, -0.2) is 28.6 Å². The number of carbonyl (C=O) groups excluding carboxylic acids is 2. The minimum absolute atomic E-state index is 0.0429. The van der Waals surface area contributed by atoms with Gasteiger partial charge in [-0.05, 0) is 42.7 Å². The standard InChI is InChI=1S/C17H22N2O2S/c1-12-5-3-4-10-17(12)15(20)19(16(21)18-17)11-13-6-8-14(22-2)9-7-13/h6-9,12H,3-5,10-11H2,1-2H3,(H,18,21)/t12-,17-/m0/s1. The number of thioether (sulfide) groups is 1. The monoisotopic (exact) mass is 318 g/mol. The molecule has 1 saturated heterocycles. The molecule has 1 spiro atoms. The number of hydrogen-bond donors (Lipinski definition) is 1. The van der Waals surface area contributed by atoms with Gasteiger partial charge in [-0.25, -0.2) is 4.79 Å². The number of amides is 3. The van der Waals surface area contributed by atoms with Crippen LogP contribution in [0.3, 0.4) is 0 Å². The molecule has 1 N–H and O–H groups in total. The van der Waals surface area contributed by atoms with Crippen LogP contribution < -0.4 is 5.32 Å². The number of imide groups is 1. The summed E-state index contributed by atoms with van der Waals surface area (Å²) in [6.07, 6.45) is 5.94. The van der Waals surface area contributed by atoms with E-state index in [4.69, 9.17) is 0 Å². The molecular weight excluding hydrogens is 296 g/mol. The summed E-state index contributed by atoms with van der Waals surface area (Å²) in [7, 11) is 0. The lowest BCUT2D eigenvalue weighted by atomic mass is 9.73. The van der Waals surface area contributed by atoms with Gasteiger partial charge in [-0.15, -0.1) is 11.8 Å². The van der Waals surface area contributed by atoms with E-state index in [1.54, 1.807) is 11.8 Å². The molecule has 5 heteroatoms. The van der Waals surface area contributed by atoms with E-state index in [-0.39, 0.29) is 17.9 Å². The molecule has 3 rings (SSSR count). The number of urea groups is 1. The zero-order valence-electron chi connectivity index (χ0n) is 13.1. The van der Waals surface area contributed by atoms with Crippen molar-refractivity contribution in [3.63, 3.8) is 0 Å². The average Bonchev–Trinajstić information content (AvgIpc) is 2.76. The molecule has 1 saturated carbocycles. The lowest BCUT2D eigenvalue weighted by Crippen LogP contribution is -2.53. The summed E-state index contributed by atoms with van der Waals surface area (Å²) < 4.78 is 0. The highest BCUT2D eigenvalue weighted by molar-refractivity contribution is 7.98. The number of benzene rings is 1. The van der Waals surface area contributed by atoms with Crippen molar-refractivity contribution in [2.75, 3.05) is 6.26 Å². The molecule has 0 unspecified atom stereocenters. The molecule has 0 radical (unpaired) electrons. The molecular formula is C17H22N2O2S. The maximum atomic E-state index is 12.9. The van der Waals surface area contributed by atoms with Crippen molar-refractivity contribution < 1.29 is 9.59 Å². The fourth-order valence-electron chi connectivity index (χ4n) is 3.55. The zero-order valence-corrected chi connectivity index (χ0v) is 13.9. The maximum absolute atomic E-state index is 12.9. The summed E-state index contributed by atoms with van der Waals surface area (Å²) in [6.45, 7) is 2.43. The van der Waals surface area contributed by atoms with Gasteiger partial charge in [0.25, 0.3) is 5.91 Å². The quantitative estimate of drug-likeness (QED) is 0.686.